The molecule has 1 aromatic carbocycles. The molecule has 1 fully saturated rings. The first-order chi connectivity index (χ1) is 12.6. The second kappa shape index (κ2) is 8.41. The van der Waals surface area contributed by atoms with Gasteiger partial charge in [-0.1, -0.05) is 6.07 Å². The van der Waals surface area contributed by atoms with Gasteiger partial charge in [-0.25, -0.2) is 13.2 Å². The molecule has 1 heterocycles. The molecule has 0 saturated carbocycles. The molecule has 12 heteroatoms. The van der Waals surface area contributed by atoms with Crippen LogP contribution in [0.25, 0.3) is 0 Å². The van der Waals surface area contributed by atoms with Gasteiger partial charge in [0.05, 0.1) is 9.82 Å². The number of nitrogens with two attached hydrogens (primary N) is 1. The van der Waals surface area contributed by atoms with Crippen LogP contribution in [-0.4, -0.2) is 67.2 Å². The number of nitrogens with zero attached hydrogens (tertiary/aromatic N) is 3. The van der Waals surface area contributed by atoms with Gasteiger partial charge < -0.3 is 10.6 Å². The molecule has 0 spiro atoms. The van der Waals surface area contributed by atoms with Gasteiger partial charge in [0, 0.05) is 51.3 Å². The van der Waals surface area contributed by atoms with Crippen molar-refractivity contribution in [1.82, 2.24) is 14.5 Å². The van der Waals surface area contributed by atoms with E-state index >= 15 is 0 Å². The number of nitrogens with one attached hydrogen (secondary N) is 1. The molecule has 148 valence electrons. The highest BCUT2D eigenvalue weighted by molar-refractivity contribution is 7.89. The molecule has 2 rings (SSSR count). The number of carbonyl (C=O) groups is 2. The molecular formula is C15H21N5O6S. The summed E-state index contributed by atoms with van der Waals surface area (Å²) < 4.78 is 27.0. The molecule has 27 heavy (non-hydrogen) atoms. The quantitative estimate of drug-likeness (QED) is 0.495. The number of imide groups is 1. The molecular weight excluding hydrogens is 378 g/mol. The van der Waals surface area contributed by atoms with E-state index < -0.39 is 26.9 Å². The van der Waals surface area contributed by atoms with E-state index in [-0.39, 0.29) is 30.1 Å². The fourth-order valence-electron chi connectivity index (χ4n) is 2.77. The molecule has 0 aromatic heterocycles. The van der Waals surface area contributed by atoms with Crippen molar-refractivity contribution >= 4 is 27.6 Å². The Morgan fingerprint density at radius 3 is 2.44 bits per heavy atom. The van der Waals surface area contributed by atoms with Crippen molar-refractivity contribution in [2.75, 3.05) is 32.7 Å². The summed E-state index contributed by atoms with van der Waals surface area (Å²) >= 11 is 0. The number of non-ortho nitro benzene ring substituents is 1. The first kappa shape index (κ1) is 20.7. The number of hydrogen-bond acceptors (Lipinski definition) is 7. The smallest absolute Gasteiger partial charge is 0.318 e. The first-order valence-corrected chi connectivity index (χ1v) is 9.62. The van der Waals surface area contributed by atoms with Gasteiger partial charge in [-0.15, -0.1) is 0 Å². The monoisotopic (exact) mass is 399 g/mol. The average molecular weight is 399 g/mol. The number of primary amides is 1. The summed E-state index contributed by atoms with van der Waals surface area (Å²) in [6.45, 7) is 3.14. The third kappa shape index (κ3) is 5.21. The van der Waals surface area contributed by atoms with Crippen molar-refractivity contribution in [1.29, 1.82) is 0 Å². The van der Waals surface area contributed by atoms with Gasteiger partial charge in [-0.3, -0.25) is 20.2 Å². The third-order valence-corrected chi connectivity index (χ3v) is 6.29. The second-order valence-corrected chi connectivity index (χ2v) is 8.02. The van der Waals surface area contributed by atoms with Crippen LogP contribution in [0.2, 0.25) is 0 Å². The number of amides is 3. The van der Waals surface area contributed by atoms with Crippen molar-refractivity contribution in [2.45, 2.75) is 18.2 Å². The molecule has 0 unspecified atom stereocenters. The minimum atomic E-state index is -3.86. The lowest BCUT2D eigenvalue weighted by Gasteiger charge is -2.34. The van der Waals surface area contributed by atoms with Crippen LogP contribution >= 0.6 is 0 Å². The standard InChI is InChI=1S/C15H21N5O6S/c1-11-2-3-12(20(23)24)10-13(11)27(25,26)19-8-6-18(7-9-19)5-4-14(21)17-15(16)22/h2-3,10H,4-9H2,1H3,(H3,16,17,21,22). The van der Waals surface area contributed by atoms with Crippen LogP contribution in [0.4, 0.5) is 10.5 Å². The van der Waals surface area contributed by atoms with Gasteiger partial charge in [0.2, 0.25) is 15.9 Å². The highest BCUT2D eigenvalue weighted by Gasteiger charge is 2.30. The number of nitro groups is 1. The van der Waals surface area contributed by atoms with Crippen molar-refractivity contribution in [3.05, 3.63) is 33.9 Å². The van der Waals surface area contributed by atoms with Crippen molar-refractivity contribution in [2.24, 2.45) is 5.73 Å². The SMILES string of the molecule is Cc1ccc([N+](=O)[O-])cc1S(=O)(=O)N1CCN(CCC(=O)NC(N)=O)CC1. The first-order valence-electron chi connectivity index (χ1n) is 8.18. The van der Waals surface area contributed by atoms with E-state index in [4.69, 9.17) is 5.73 Å². The van der Waals surface area contributed by atoms with E-state index in [2.05, 4.69) is 0 Å². The lowest BCUT2D eigenvalue weighted by molar-refractivity contribution is -0.385. The number of piperazine rings is 1. The van der Waals surface area contributed by atoms with E-state index in [1.54, 1.807) is 6.92 Å². The Kier molecular flexibility index (Phi) is 6.46. The second-order valence-electron chi connectivity index (χ2n) is 6.12. The van der Waals surface area contributed by atoms with E-state index in [0.29, 0.717) is 25.2 Å². The van der Waals surface area contributed by atoms with Gasteiger partial charge in [-0.05, 0) is 12.5 Å². The van der Waals surface area contributed by atoms with Crippen LogP contribution in [0.15, 0.2) is 23.1 Å². The predicted molar refractivity (Wildman–Crippen MR) is 95.4 cm³/mol. The number of urea groups is 1. The zero-order valence-electron chi connectivity index (χ0n) is 14.8. The summed E-state index contributed by atoms with van der Waals surface area (Å²) in [6.07, 6.45) is 0.0691. The van der Waals surface area contributed by atoms with E-state index in [1.165, 1.54) is 16.4 Å². The average Bonchev–Trinajstić information content (AvgIpc) is 2.59. The molecule has 1 aliphatic rings. The van der Waals surface area contributed by atoms with Crippen molar-refractivity contribution in [3.63, 3.8) is 0 Å². The Hall–Kier alpha value is -2.57. The maximum Gasteiger partial charge on any atom is 0.318 e. The Bertz CT molecular complexity index is 848. The van der Waals surface area contributed by atoms with Gasteiger partial charge in [0.15, 0.2) is 0 Å². The van der Waals surface area contributed by atoms with E-state index in [9.17, 15) is 28.1 Å². The molecule has 1 saturated heterocycles. The lowest BCUT2D eigenvalue weighted by Crippen LogP contribution is -2.49. The van der Waals surface area contributed by atoms with Gasteiger partial charge >= 0.3 is 6.03 Å². The Morgan fingerprint density at radius 2 is 1.89 bits per heavy atom. The summed E-state index contributed by atoms with van der Waals surface area (Å²) in [6, 6.07) is 2.84. The Labute approximate surface area is 156 Å². The summed E-state index contributed by atoms with van der Waals surface area (Å²) in [7, 11) is -3.86. The summed E-state index contributed by atoms with van der Waals surface area (Å²) in [4.78, 5) is 34.2. The van der Waals surface area contributed by atoms with Crippen LogP contribution in [0, 0.1) is 17.0 Å². The predicted octanol–water partition coefficient (Wildman–Crippen LogP) is -0.205. The van der Waals surface area contributed by atoms with Gasteiger partial charge in [0.25, 0.3) is 5.69 Å². The van der Waals surface area contributed by atoms with E-state index in [0.717, 1.165) is 6.07 Å². The topological polar surface area (TPSA) is 156 Å². The fourth-order valence-corrected chi connectivity index (χ4v) is 4.44. The molecule has 3 amide bonds. The van der Waals surface area contributed by atoms with Crippen molar-refractivity contribution in [3.8, 4) is 0 Å². The number of benzene rings is 1. The zero-order valence-corrected chi connectivity index (χ0v) is 15.6. The van der Waals surface area contributed by atoms with Crippen LogP contribution in [-0.2, 0) is 14.8 Å². The molecule has 3 N–H and O–H groups in total. The number of hydrogen-bond donors (Lipinski definition) is 2. The van der Waals surface area contributed by atoms with Gasteiger partial charge in [0.1, 0.15) is 0 Å². The summed E-state index contributed by atoms with van der Waals surface area (Å²) in [5.74, 6) is -0.496. The maximum atomic E-state index is 12.8. The molecule has 1 aromatic rings. The van der Waals surface area contributed by atoms with Gasteiger partial charge in [-0.2, -0.15) is 4.31 Å². The van der Waals surface area contributed by atoms with E-state index in [1.807, 2.05) is 10.2 Å². The minimum Gasteiger partial charge on any atom is -0.351 e. The van der Waals surface area contributed by atoms with Crippen molar-refractivity contribution < 1.29 is 22.9 Å². The number of aryl methyl sites for hydroxylation is 1. The molecule has 0 radical (unpaired) electrons. The Balaban J connectivity index is 2.01. The molecule has 0 atom stereocenters. The molecule has 0 bridgehead atoms. The highest BCUT2D eigenvalue weighted by atomic mass is 32.2. The number of nitro benzene ring substituents is 1. The summed E-state index contributed by atoms with van der Waals surface area (Å²) in [5.41, 5.74) is 5.02. The van der Waals surface area contributed by atoms with Crippen LogP contribution < -0.4 is 11.1 Å². The molecule has 1 aliphatic heterocycles. The third-order valence-electron chi connectivity index (χ3n) is 4.25. The normalized spacial score (nSPS) is 16.0. The van der Waals surface area contributed by atoms with Crippen LogP contribution in [0.1, 0.15) is 12.0 Å². The molecule has 0 aliphatic carbocycles. The fraction of sp³-hybridized carbons (Fsp3) is 0.467. The largest absolute Gasteiger partial charge is 0.351 e. The van der Waals surface area contributed by atoms with Crippen LogP contribution in [0.3, 0.4) is 0 Å². The summed E-state index contributed by atoms with van der Waals surface area (Å²) in [5, 5.41) is 12.9. The van der Waals surface area contributed by atoms with Crippen LogP contribution in [0.5, 0.6) is 0 Å². The molecule has 11 nitrogen and oxygen atoms in total. The Morgan fingerprint density at radius 1 is 1.26 bits per heavy atom. The highest BCUT2D eigenvalue weighted by Crippen LogP contribution is 2.25. The number of carbonyl (C=O) groups excluding carboxylic acids is 2. The maximum absolute atomic E-state index is 12.8. The number of sulfonamides is 1. The minimum absolute atomic E-state index is 0.0691. The number of rotatable bonds is 6. The lowest BCUT2D eigenvalue weighted by atomic mass is 10.2. The zero-order chi connectivity index (χ0) is 20.2.